The Labute approximate surface area is 125 Å². The quantitative estimate of drug-likeness (QED) is 0.702. The predicted molar refractivity (Wildman–Crippen MR) is 72.1 cm³/mol. The van der Waals surface area contributed by atoms with Gasteiger partial charge in [0.25, 0.3) is 5.56 Å². The molecule has 2 bridgehead atoms. The monoisotopic (exact) mass is 333 g/mol. The van der Waals surface area contributed by atoms with E-state index in [4.69, 9.17) is 28.5 Å². The number of hydrogen-bond donors (Lipinski definition) is 2. The second-order valence-corrected chi connectivity index (χ2v) is 6.44. The number of rotatable bonds is 5. The SMILES string of the molecule is COC[C@@]12COC([C@H](n3ccccc3=O)O1)[C@@H]2OP(=O)(O)O. The van der Waals surface area contributed by atoms with E-state index in [9.17, 15) is 9.36 Å². The first-order chi connectivity index (χ1) is 10.4. The van der Waals surface area contributed by atoms with Crippen molar-refractivity contribution in [3.05, 3.63) is 34.7 Å². The summed E-state index contributed by atoms with van der Waals surface area (Å²) in [6, 6.07) is 4.59. The van der Waals surface area contributed by atoms with Gasteiger partial charge in [-0.05, 0) is 6.07 Å². The molecule has 0 radical (unpaired) electrons. The van der Waals surface area contributed by atoms with Crippen LogP contribution in [0.4, 0.5) is 0 Å². The maximum absolute atomic E-state index is 11.9. The zero-order chi connectivity index (χ0) is 16.0. The first-order valence-electron chi connectivity index (χ1n) is 6.56. The Morgan fingerprint density at radius 3 is 2.91 bits per heavy atom. The normalized spacial score (nSPS) is 34.2. The lowest BCUT2D eigenvalue weighted by Crippen LogP contribution is -2.45. The van der Waals surface area contributed by atoms with Gasteiger partial charge in [0.05, 0.1) is 13.2 Å². The summed E-state index contributed by atoms with van der Waals surface area (Å²) in [6.45, 7) is 0.0838. The number of ether oxygens (including phenoxy) is 3. The lowest BCUT2D eigenvalue weighted by molar-refractivity contribution is -0.190. The van der Waals surface area contributed by atoms with Gasteiger partial charge in [0.2, 0.25) is 0 Å². The molecular formula is C12H16NO8P. The summed E-state index contributed by atoms with van der Waals surface area (Å²) in [6.07, 6.45) is -1.17. The second-order valence-electron chi connectivity index (χ2n) is 5.24. The van der Waals surface area contributed by atoms with Gasteiger partial charge in [-0.2, -0.15) is 0 Å². The van der Waals surface area contributed by atoms with E-state index in [0.29, 0.717) is 0 Å². The molecule has 0 aromatic carbocycles. The number of fused-ring (bicyclic) bond motifs is 2. The molecule has 0 amide bonds. The van der Waals surface area contributed by atoms with Gasteiger partial charge in [0.1, 0.15) is 17.8 Å². The maximum atomic E-state index is 11.9. The van der Waals surface area contributed by atoms with E-state index in [2.05, 4.69) is 0 Å². The molecule has 0 spiro atoms. The Morgan fingerprint density at radius 2 is 2.27 bits per heavy atom. The van der Waals surface area contributed by atoms with Crippen molar-refractivity contribution < 1.29 is 33.1 Å². The molecular weight excluding hydrogens is 317 g/mol. The van der Waals surface area contributed by atoms with Crippen LogP contribution in [0.25, 0.3) is 0 Å². The molecule has 2 saturated heterocycles. The number of pyridine rings is 1. The van der Waals surface area contributed by atoms with Gasteiger partial charge >= 0.3 is 7.82 Å². The Bertz CT molecular complexity index is 657. The van der Waals surface area contributed by atoms with Crippen LogP contribution in [-0.2, 0) is 23.3 Å². The fraction of sp³-hybridized carbons (Fsp3) is 0.583. The van der Waals surface area contributed by atoms with E-state index < -0.39 is 31.9 Å². The molecule has 4 atom stereocenters. The zero-order valence-corrected chi connectivity index (χ0v) is 12.6. The van der Waals surface area contributed by atoms with Crippen molar-refractivity contribution >= 4 is 7.82 Å². The van der Waals surface area contributed by atoms with Crippen LogP contribution in [0.1, 0.15) is 6.23 Å². The molecule has 2 aliphatic rings. The van der Waals surface area contributed by atoms with E-state index in [1.54, 1.807) is 12.1 Å². The summed E-state index contributed by atoms with van der Waals surface area (Å²) in [4.78, 5) is 30.1. The molecule has 2 aliphatic heterocycles. The van der Waals surface area contributed by atoms with Crippen molar-refractivity contribution in [3.8, 4) is 0 Å². The van der Waals surface area contributed by atoms with E-state index in [1.807, 2.05) is 0 Å². The van der Waals surface area contributed by atoms with Crippen LogP contribution in [-0.4, -0.2) is 52.5 Å². The molecule has 1 aromatic heterocycles. The average molecular weight is 333 g/mol. The van der Waals surface area contributed by atoms with Gasteiger partial charge in [-0.3, -0.25) is 13.9 Å². The number of phosphoric ester groups is 1. The topological polar surface area (TPSA) is 116 Å². The molecule has 9 nitrogen and oxygen atoms in total. The fourth-order valence-electron chi connectivity index (χ4n) is 2.92. The first kappa shape index (κ1) is 15.8. The molecule has 1 unspecified atom stereocenters. The summed E-state index contributed by atoms with van der Waals surface area (Å²) in [5.74, 6) is 0. The summed E-state index contributed by atoms with van der Waals surface area (Å²) >= 11 is 0. The van der Waals surface area contributed by atoms with Crippen LogP contribution < -0.4 is 5.56 Å². The first-order valence-corrected chi connectivity index (χ1v) is 8.09. The minimum absolute atomic E-state index is 0.0201. The minimum Gasteiger partial charge on any atom is -0.381 e. The Morgan fingerprint density at radius 1 is 1.50 bits per heavy atom. The highest BCUT2D eigenvalue weighted by atomic mass is 31.2. The summed E-state index contributed by atoms with van der Waals surface area (Å²) in [5.41, 5.74) is -1.48. The summed E-state index contributed by atoms with van der Waals surface area (Å²) in [7, 11) is -3.32. The fourth-order valence-corrected chi connectivity index (χ4v) is 3.53. The number of hydrogen-bond acceptors (Lipinski definition) is 6. The highest BCUT2D eigenvalue weighted by molar-refractivity contribution is 7.46. The second kappa shape index (κ2) is 5.54. The van der Waals surface area contributed by atoms with Crippen LogP contribution in [0, 0.1) is 0 Å². The zero-order valence-electron chi connectivity index (χ0n) is 11.7. The molecule has 22 heavy (non-hydrogen) atoms. The van der Waals surface area contributed by atoms with Crippen molar-refractivity contribution in [2.24, 2.45) is 0 Å². The van der Waals surface area contributed by atoms with Crippen LogP contribution in [0.2, 0.25) is 0 Å². The molecule has 3 rings (SSSR count). The third kappa shape index (κ3) is 2.65. The smallest absolute Gasteiger partial charge is 0.381 e. The molecule has 10 heteroatoms. The number of nitrogens with zero attached hydrogens (tertiary/aromatic N) is 1. The number of aromatic nitrogens is 1. The third-order valence-corrected chi connectivity index (χ3v) is 4.24. The minimum atomic E-state index is -4.75. The van der Waals surface area contributed by atoms with Gasteiger partial charge in [0.15, 0.2) is 6.23 Å². The average Bonchev–Trinajstić information content (AvgIpc) is 2.89. The van der Waals surface area contributed by atoms with E-state index >= 15 is 0 Å². The largest absolute Gasteiger partial charge is 0.470 e. The Hall–Kier alpha value is -1.06. The van der Waals surface area contributed by atoms with Crippen molar-refractivity contribution in [1.29, 1.82) is 0 Å². The van der Waals surface area contributed by atoms with E-state index in [-0.39, 0.29) is 18.8 Å². The van der Waals surface area contributed by atoms with Crippen LogP contribution >= 0.6 is 7.82 Å². The molecule has 122 valence electrons. The summed E-state index contributed by atoms with van der Waals surface area (Å²) < 4.78 is 33.9. The van der Waals surface area contributed by atoms with Gasteiger partial charge in [-0.15, -0.1) is 0 Å². The highest BCUT2D eigenvalue weighted by Crippen LogP contribution is 2.52. The third-order valence-electron chi connectivity index (χ3n) is 3.74. The van der Waals surface area contributed by atoms with Crippen molar-refractivity contribution in [3.63, 3.8) is 0 Å². The standard InChI is InChI=1S/C12H16NO8P/c1-18-6-12-7-19-9(10(12)21-22(15,16)17)11(20-12)13-5-3-2-4-8(13)14/h2-5,9-11H,6-7H2,1H3,(H2,15,16,17)/t9?,10-,11+,12-/m0/s1. The van der Waals surface area contributed by atoms with E-state index in [1.165, 1.54) is 23.9 Å². The molecule has 2 N–H and O–H groups in total. The molecule has 0 aliphatic carbocycles. The van der Waals surface area contributed by atoms with E-state index in [0.717, 1.165) is 0 Å². The van der Waals surface area contributed by atoms with Gasteiger partial charge in [0, 0.05) is 19.4 Å². The summed E-state index contributed by atoms with van der Waals surface area (Å²) in [5, 5.41) is 0. The Kier molecular flexibility index (Phi) is 3.98. The highest BCUT2D eigenvalue weighted by Gasteiger charge is 2.64. The number of phosphoric acid groups is 1. The maximum Gasteiger partial charge on any atom is 0.470 e. The predicted octanol–water partition coefficient (Wildman–Crippen LogP) is -0.361. The Balaban J connectivity index is 1.96. The van der Waals surface area contributed by atoms with Gasteiger partial charge in [-0.25, -0.2) is 4.57 Å². The van der Waals surface area contributed by atoms with Crippen LogP contribution in [0.5, 0.6) is 0 Å². The lowest BCUT2D eigenvalue weighted by atomic mass is 10.0. The van der Waals surface area contributed by atoms with Crippen LogP contribution in [0.15, 0.2) is 29.2 Å². The van der Waals surface area contributed by atoms with Gasteiger partial charge < -0.3 is 24.0 Å². The molecule has 1 aromatic rings. The van der Waals surface area contributed by atoms with Gasteiger partial charge in [-0.1, -0.05) is 6.07 Å². The molecule has 2 fully saturated rings. The lowest BCUT2D eigenvalue weighted by Gasteiger charge is -2.31. The molecule has 0 saturated carbocycles. The van der Waals surface area contributed by atoms with Crippen molar-refractivity contribution in [2.45, 2.75) is 24.0 Å². The molecule has 3 heterocycles. The number of methoxy groups -OCH3 is 1. The van der Waals surface area contributed by atoms with Crippen molar-refractivity contribution in [1.82, 2.24) is 4.57 Å². The van der Waals surface area contributed by atoms with Crippen molar-refractivity contribution in [2.75, 3.05) is 20.3 Å². The van der Waals surface area contributed by atoms with Crippen LogP contribution in [0.3, 0.4) is 0 Å².